The summed E-state index contributed by atoms with van der Waals surface area (Å²) in [5, 5.41) is 1.34. The fraction of sp³-hybridized carbons (Fsp3) is 0.333. The number of hydrogen-bond donors (Lipinski definition) is 0. The SMILES string of the molecule is COCCCn1c(SCCCOc2ccc(F)cc2)nc2ccccc2c1=O. The lowest BCUT2D eigenvalue weighted by Crippen LogP contribution is -2.24. The summed E-state index contributed by atoms with van der Waals surface area (Å²) in [4.78, 5) is 17.5. The maximum atomic E-state index is 12.9. The maximum Gasteiger partial charge on any atom is 0.262 e. The molecule has 0 spiro atoms. The third kappa shape index (κ3) is 5.33. The van der Waals surface area contributed by atoms with Gasteiger partial charge >= 0.3 is 0 Å². The standard InChI is InChI=1S/C21H23FN2O3S/c1-26-13-4-12-24-20(25)18-6-2-3-7-19(18)23-21(24)28-15-5-14-27-17-10-8-16(22)9-11-17/h2-3,6-11H,4-5,12-15H2,1H3. The highest BCUT2D eigenvalue weighted by Gasteiger charge is 2.11. The number of para-hydroxylation sites is 1. The van der Waals surface area contributed by atoms with E-state index in [0.717, 1.165) is 18.6 Å². The van der Waals surface area contributed by atoms with Crippen LogP contribution in [-0.4, -0.2) is 35.6 Å². The van der Waals surface area contributed by atoms with E-state index < -0.39 is 0 Å². The van der Waals surface area contributed by atoms with Crippen molar-refractivity contribution in [3.63, 3.8) is 0 Å². The lowest BCUT2D eigenvalue weighted by atomic mass is 10.2. The molecule has 0 aliphatic heterocycles. The summed E-state index contributed by atoms with van der Waals surface area (Å²) >= 11 is 1.54. The molecule has 3 rings (SSSR count). The van der Waals surface area contributed by atoms with Crippen LogP contribution in [0.15, 0.2) is 58.5 Å². The number of benzene rings is 2. The highest BCUT2D eigenvalue weighted by molar-refractivity contribution is 7.99. The topological polar surface area (TPSA) is 53.4 Å². The summed E-state index contributed by atoms with van der Waals surface area (Å²) in [6.07, 6.45) is 1.53. The minimum Gasteiger partial charge on any atom is -0.494 e. The molecule has 0 atom stereocenters. The Kier molecular flexibility index (Phi) is 7.45. The molecule has 148 valence electrons. The van der Waals surface area contributed by atoms with Gasteiger partial charge in [0.15, 0.2) is 5.16 Å². The molecule has 0 saturated carbocycles. The highest BCUT2D eigenvalue weighted by Crippen LogP contribution is 2.19. The van der Waals surface area contributed by atoms with Crippen molar-refractivity contribution in [2.75, 3.05) is 26.1 Å². The van der Waals surface area contributed by atoms with Crippen LogP contribution in [0.4, 0.5) is 4.39 Å². The second-order valence-electron chi connectivity index (χ2n) is 6.22. The van der Waals surface area contributed by atoms with E-state index in [1.807, 2.05) is 24.3 Å². The summed E-state index contributed by atoms with van der Waals surface area (Å²) in [5.41, 5.74) is 0.687. The minimum atomic E-state index is -0.281. The number of halogens is 1. The zero-order valence-corrected chi connectivity index (χ0v) is 16.6. The lowest BCUT2D eigenvalue weighted by Gasteiger charge is -2.13. The van der Waals surface area contributed by atoms with Crippen molar-refractivity contribution in [2.24, 2.45) is 0 Å². The van der Waals surface area contributed by atoms with E-state index in [2.05, 4.69) is 4.98 Å². The van der Waals surface area contributed by atoms with E-state index in [1.54, 1.807) is 35.6 Å². The van der Waals surface area contributed by atoms with Gasteiger partial charge in [0.1, 0.15) is 11.6 Å². The second-order valence-corrected chi connectivity index (χ2v) is 7.28. The molecule has 3 aromatic rings. The monoisotopic (exact) mass is 402 g/mol. The molecule has 0 aliphatic carbocycles. The lowest BCUT2D eigenvalue weighted by molar-refractivity contribution is 0.189. The zero-order chi connectivity index (χ0) is 19.8. The number of hydrogen-bond acceptors (Lipinski definition) is 5. The summed E-state index contributed by atoms with van der Waals surface area (Å²) in [7, 11) is 1.65. The van der Waals surface area contributed by atoms with Gasteiger partial charge in [0.05, 0.1) is 17.5 Å². The van der Waals surface area contributed by atoms with Gasteiger partial charge in [-0.05, 0) is 49.2 Å². The van der Waals surface area contributed by atoms with Gasteiger partial charge in [-0.3, -0.25) is 9.36 Å². The smallest absolute Gasteiger partial charge is 0.262 e. The molecule has 0 N–H and O–H groups in total. The van der Waals surface area contributed by atoms with Crippen LogP contribution >= 0.6 is 11.8 Å². The Morgan fingerprint density at radius 1 is 1.07 bits per heavy atom. The van der Waals surface area contributed by atoms with E-state index in [-0.39, 0.29) is 11.4 Å². The molecule has 0 amide bonds. The Morgan fingerprint density at radius 3 is 2.64 bits per heavy atom. The highest BCUT2D eigenvalue weighted by atomic mass is 32.2. The van der Waals surface area contributed by atoms with Gasteiger partial charge in [-0.25, -0.2) is 9.37 Å². The van der Waals surface area contributed by atoms with Crippen LogP contribution in [0.25, 0.3) is 10.9 Å². The van der Waals surface area contributed by atoms with Crippen molar-refractivity contribution >= 4 is 22.7 Å². The van der Waals surface area contributed by atoms with Crippen LogP contribution in [0.3, 0.4) is 0 Å². The average Bonchev–Trinajstić information content (AvgIpc) is 2.71. The molecule has 28 heavy (non-hydrogen) atoms. The molecule has 0 radical (unpaired) electrons. The van der Waals surface area contributed by atoms with Crippen LogP contribution in [0.1, 0.15) is 12.8 Å². The summed E-state index contributed by atoms with van der Waals surface area (Å²) in [6, 6.07) is 13.4. The van der Waals surface area contributed by atoms with E-state index in [9.17, 15) is 9.18 Å². The molecular formula is C21H23FN2O3S. The summed E-state index contributed by atoms with van der Waals surface area (Å²) in [5.74, 6) is 1.12. The van der Waals surface area contributed by atoms with Gasteiger partial charge in [0.2, 0.25) is 0 Å². The van der Waals surface area contributed by atoms with E-state index in [4.69, 9.17) is 9.47 Å². The quantitative estimate of drug-likeness (QED) is 0.290. The molecule has 2 aromatic carbocycles. The van der Waals surface area contributed by atoms with Gasteiger partial charge in [0.25, 0.3) is 5.56 Å². The van der Waals surface area contributed by atoms with Gasteiger partial charge < -0.3 is 9.47 Å². The molecular weight excluding hydrogens is 379 g/mol. The Labute approximate surface area is 167 Å². The molecule has 1 heterocycles. The molecule has 0 aliphatic rings. The summed E-state index contributed by atoms with van der Waals surface area (Å²) in [6.45, 7) is 1.67. The Bertz CT molecular complexity index is 960. The fourth-order valence-electron chi connectivity index (χ4n) is 2.77. The second kappa shape index (κ2) is 10.2. The van der Waals surface area contributed by atoms with Crippen molar-refractivity contribution in [3.05, 3.63) is 64.7 Å². The van der Waals surface area contributed by atoms with E-state index in [0.29, 0.717) is 41.6 Å². The molecule has 7 heteroatoms. The Balaban J connectivity index is 1.64. The van der Waals surface area contributed by atoms with Crippen LogP contribution in [0, 0.1) is 5.82 Å². The third-order valence-electron chi connectivity index (χ3n) is 4.16. The van der Waals surface area contributed by atoms with Gasteiger partial charge in [-0.1, -0.05) is 23.9 Å². The van der Waals surface area contributed by atoms with Crippen LogP contribution < -0.4 is 10.3 Å². The molecule has 0 unspecified atom stereocenters. The third-order valence-corrected chi connectivity index (χ3v) is 5.22. The van der Waals surface area contributed by atoms with Crippen LogP contribution in [-0.2, 0) is 11.3 Å². The number of thioether (sulfide) groups is 1. The number of ether oxygens (including phenoxy) is 2. The average molecular weight is 402 g/mol. The number of nitrogens with zero attached hydrogens (tertiary/aromatic N) is 2. The largest absolute Gasteiger partial charge is 0.494 e. The van der Waals surface area contributed by atoms with Crippen molar-refractivity contribution in [1.82, 2.24) is 9.55 Å². The van der Waals surface area contributed by atoms with E-state index in [1.165, 1.54) is 12.1 Å². The first-order valence-electron chi connectivity index (χ1n) is 9.19. The number of fused-ring (bicyclic) bond motifs is 1. The van der Waals surface area contributed by atoms with Crippen molar-refractivity contribution in [3.8, 4) is 5.75 Å². The number of methoxy groups -OCH3 is 1. The summed E-state index contributed by atoms with van der Waals surface area (Å²) < 4.78 is 25.4. The minimum absolute atomic E-state index is 0.0215. The first-order valence-corrected chi connectivity index (χ1v) is 10.2. The van der Waals surface area contributed by atoms with Crippen LogP contribution in [0.5, 0.6) is 5.75 Å². The first-order chi connectivity index (χ1) is 13.7. The van der Waals surface area contributed by atoms with Gasteiger partial charge in [0, 0.05) is 26.0 Å². The zero-order valence-electron chi connectivity index (χ0n) is 15.8. The molecule has 0 bridgehead atoms. The van der Waals surface area contributed by atoms with Crippen molar-refractivity contribution < 1.29 is 13.9 Å². The Hall–Kier alpha value is -2.38. The molecule has 0 fully saturated rings. The predicted molar refractivity (Wildman–Crippen MR) is 110 cm³/mol. The maximum absolute atomic E-state index is 12.9. The first kappa shape index (κ1) is 20.4. The molecule has 1 aromatic heterocycles. The van der Waals surface area contributed by atoms with Crippen molar-refractivity contribution in [2.45, 2.75) is 24.5 Å². The number of aromatic nitrogens is 2. The Morgan fingerprint density at radius 2 is 1.86 bits per heavy atom. The molecule has 0 saturated heterocycles. The van der Waals surface area contributed by atoms with Gasteiger partial charge in [-0.2, -0.15) is 0 Å². The fourth-order valence-corrected chi connectivity index (χ4v) is 3.70. The molecule has 5 nitrogen and oxygen atoms in total. The van der Waals surface area contributed by atoms with E-state index >= 15 is 0 Å². The normalized spacial score (nSPS) is 11.1. The number of rotatable bonds is 10. The van der Waals surface area contributed by atoms with Crippen molar-refractivity contribution in [1.29, 1.82) is 0 Å². The van der Waals surface area contributed by atoms with Gasteiger partial charge in [-0.15, -0.1) is 0 Å². The predicted octanol–water partition coefficient (Wildman–Crippen LogP) is 4.13. The van der Waals surface area contributed by atoms with Crippen LogP contribution in [0.2, 0.25) is 0 Å².